The lowest BCUT2D eigenvalue weighted by Gasteiger charge is -2.38. The molecule has 3 nitrogen and oxygen atoms in total. The van der Waals surface area contributed by atoms with Gasteiger partial charge in [-0.1, -0.05) is 40.2 Å². The molecule has 0 amide bonds. The number of halogens is 2. The highest BCUT2D eigenvalue weighted by Crippen LogP contribution is 2.33. The summed E-state index contributed by atoms with van der Waals surface area (Å²) in [7, 11) is 0. The highest BCUT2D eigenvalue weighted by Gasteiger charge is 2.33. The first-order valence-electron chi connectivity index (χ1n) is 8.96. The van der Waals surface area contributed by atoms with Gasteiger partial charge in [0.2, 0.25) is 0 Å². The minimum atomic E-state index is -0.778. The summed E-state index contributed by atoms with van der Waals surface area (Å²) in [5.41, 5.74) is 0.353. The lowest BCUT2D eigenvalue weighted by atomic mass is 9.84. The molecule has 1 aliphatic heterocycles. The molecule has 0 atom stereocenters. The Kier molecular flexibility index (Phi) is 6.22. The minimum Gasteiger partial charge on any atom is -0.385 e. The van der Waals surface area contributed by atoms with Crippen molar-refractivity contribution in [3.05, 3.63) is 69.9 Å². The summed E-state index contributed by atoms with van der Waals surface area (Å²) in [6, 6.07) is 14.0. The van der Waals surface area contributed by atoms with Crippen LogP contribution in [0.15, 0.2) is 53.0 Å². The summed E-state index contributed by atoms with van der Waals surface area (Å²) in [6.07, 6.45) is 2.39. The van der Waals surface area contributed by atoms with Gasteiger partial charge in [0.25, 0.3) is 0 Å². The van der Waals surface area contributed by atoms with Crippen molar-refractivity contribution < 1.29 is 14.3 Å². The monoisotopic (exact) mass is 419 g/mol. The fraction of sp³-hybridized carbons (Fsp3) is 0.381. The predicted molar refractivity (Wildman–Crippen MR) is 104 cm³/mol. The Morgan fingerprint density at radius 1 is 1.12 bits per heavy atom. The normalized spacial score (nSPS) is 17.2. The second-order valence-corrected chi connectivity index (χ2v) is 7.80. The number of benzene rings is 2. The van der Waals surface area contributed by atoms with Crippen molar-refractivity contribution >= 4 is 21.7 Å². The van der Waals surface area contributed by atoms with E-state index >= 15 is 0 Å². The minimum absolute atomic E-state index is 0.147. The third kappa shape index (κ3) is 4.58. The van der Waals surface area contributed by atoms with Gasteiger partial charge in [-0.2, -0.15) is 0 Å². The molecule has 2 aromatic rings. The molecule has 2 aromatic carbocycles. The standard InChI is InChI=1S/C21H23BrFNO2/c22-17-9-7-16(8-10-17)21(26)11-14-24(15-12-21)13-3-6-20(25)18-4-1-2-5-19(18)23/h1-2,4-5,7-10,26H,3,6,11-15H2. The molecule has 3 rings (SSSR count). The highest BCUT2D eigenvalue weighted by atomic mass is 79.9. The molecule has 1 fully saturated rings. The molecule has 1 aliphatic rings. The Bertz CT molecular complexity index is 755. The van der Waals surface area contributed by atoms with Crippen molar-refractivity contribution in [3.8, 4) is 0 Å². The second kappa shape index (κ2) is 8.42. The van der Waals surface area contributed by atoms with Gasteiger partial charge < -0.3 is 10.0 Å². The number of rotatable bonds is 6. The molecule has 0 bridgehead atoms. The van der Waals surface area contributed by atoms with Crippen LogP contribution < -0.4 is 0 Å². The Morgan fingerprint density at radius 3 is 2.42 bits per heavy atom. The first-order valence-corrected chi connectivity index (χ1v) is 9.76. The van der Waals surface area contributed by atoms with Crippen LogP contribution in [0.4, 0.5) is 4.39 Å². The van der Waals surface area contributed by atoms with Crippen LogP contribution in [-0.4, -0.2) is 35.4 Å². The number of likely N-dealkylation sites (tertiary alicyclic amines) is 1. The number of carbonyl (C=O) groups is 1. The molecule has 26 heavy (non-hydrogen) atoms. The van der Waals surface area contributed by atoms with Crippen molar-refractivity contribution in [3.63, 3.8) is 0 Å². The first kappa shape index (κ1) is 19.2. The fourth-order valence-electron chi connectivity index (χ4n) is 3.48. The molecule has 1 saturated heterocycles. The van der Waals surface area contributed by atoms with Gasteiger partial charge in [0.15, 0.2) is 5.78 Å². The molecule has 1 N–H and O–H groups in total. The van der Waals surface area contributed by atoms with Crippen LogP contribution in [0.2, 0.25) is 0 Å². The summed E-state index contributed by atoms with van der Waals surface area (Å²) in [5, 5.41) is 10.9. The van der Waals surface area contributed by atoms with Crippen LogP contribution in [0.1, 0.15) is 41.6 Å². The van der Waals surface area contributed by atoms with E-state index in [0.717, 1.165) is 29.7 Å². The van der Waals surface area contributed by atoms with Gasteiger partial charge in [0.05, 0.1) is 11.2 Å². The van der Waals surface area contributed by atoms with E-state index in [9.17, 15) is 14.3 Å². The zero-order chi connectivity index (χ0) is 18.6. The molecule has 1 heterocycles. The molecule has 0 radical (unpaired) electrons. The van der Waals surface area contributed by atoms with Crippen LogP contribution >= 0.6 is 15.9 Å². The number of Topliss-reactive ketones (excluding diaryl/α,β-unsaturated/α-hetero) is 1. The van der Waals surface area contributed by atoms with Crippen LogP contribution in [0.3, 0.4) is 0 Å². The Labute approximate surface area is 162 Å². The third-order valence-electron chi connectivity index (χ3n) is 5.12. The molecule has 0 saturated carbocycles. The molecular formula is C21H23BrFNO2. The highest BCUT2D eigenvalue weighted by molar-refractivity contribution is 9.10. The average Bonchev–Trinajstić information content (AvgIpc) is 2.64. The van der Waals surface area contributed by atoms with E-state index in [1.54, 1.807) is 12.1 Å². The van der Waals surface area contributed by atoms with Gasteiger partial charge in [-0.05, 0) is 55.6 Å². The number of hydrogen-bond donors (Lipinski definition) is 1. The number of nitrogens with zero attached hydrogens (tertiary/aromatic N) is 1. The molecule has 0 aliphatic carbocycles. The van der Waals surface area contributed by atoms with Crippen LogP contribution in [-0.2, 0) is 5.60 Å². The molecular weight excluding hydrogens is 397 g/mol. The molecule has 0 spiro atoms. The molecule has 0 unspecified atom stereocenters. The van der Waals surface area contributed by atoms with E-state index in [4.69, 9.17) is 0 Å². The zero-order valence-electron chi connectivity index (χ0n) is 14.6. The average molecular weight is 420 g/mol. The lowest BCUT2D eigenvalue weighted by Crippen LogP contribution is -2.42. The van der Waals surface area contributed by atoms with Gasteiger partial charge in [-0.25, -0.2) is 4.39 Å². The van der Waals surface area contributed by atoms with E-state index in [1.165, 1.54) is 12.1 Å². The van der Waals surface area contributed by atoms with E-state index < -0.39 is 11.4 Å². The Hall–Kier alpha value is -1.56. The summed E-state index contributed by atoms with van der Waals surface area (Å²) in [6.45, 7) is 2.37. The van der Waals surface area contributed by atoms with Gasteiger partial charge in [-0.15, -0.1) is 0 Å². The van der Waals surface area contributed by atoms with E-state index in [0.29, 0.717) is 25.7 Å². The van der Waals surface area contributed by atoms with Crippen molar-refractivity contribution in [2.24, 2.45) is 0 Å². The van der Waals surface area contributed by atoms with Crippen molar-refractivity contribution in [2.75, 3.05) is 19.6 Å². The number of piperidine rings is 1. The maximum Gasteiger partial charge on any atom is 0.165 e. The summed E-state index contributed by atoms with van der Waals surface area (Å²) in [5.74, 6) is -0.596. The maximum atomic E-state index is 13.6. The smallest absolute Gasteiger partial charge is 0.165 e. The molecule has 0 aromatic heterocycles. The number of aliphatic hydroxyl groups is 1. The van der Waals surface area contributed by atoms with Crippen molar-refractivity contribution in [2.45, 2.75) is 31.3 Å². The molecule has 138 valence electrons. The lowest BCUT2D eigenvalue weighted by molar-refractivity contribution is -0.0260. The van der Waals surface area contributed by atoms with Crippen LogP contribution in [0.25, 0.3) is 0 Å². The quantitative estimate of drug-likeness (QED) is 0.698. The summed E-state index contributed by atoms with van der Waals surface area (Å²) < 4.78 is 14.6. The second-order valence-electron chi connectivity index (χ2n) is 6.89. The maximum absolute atomic E-state index is 13.6. The van der Waals surface area contributed by atoms with Crippen molar-refractivity contribution in [1.82, 2.24) is 4.90 Å². The van der Waals surface area contributed by atoms with Gasteiger partial charge in [0.1, 0.15) is 5.82 Å². The van der Waals surface area contributed by atoms with E-state index in [-0.39, 0.29) is 11.3 Å². The summed E-state index contributed by atoms with van der Waals surface area (Å²) in [4.78, 5) is 14.4. The summed E-state index contributed by atoms with van der Waals surface area (Å²) >= 11 is 3.42. The number of carbonyl (C=O) groups excluding carboxylic acids is 1. The van der Waals surface area contributed by atoms with Crippen LogP contribution in [0, 0.1) is 5.82 Å². The van der Waals surface area contributed by atoms with E-state index in [1.807, 2.05) is 24.3 Å². The topological polar surface area (TPSA) is 40.5 Å². The first-order chi connectivity index (χ1) is 12.5. The van der Waals surface area contributed by atoms with Crippen LogP contribution in [0.5, 0.6) is 0 Å². The van der Waals surface area contributed by atoms with Gasteiger partial charge in [-0.3, -0.25) is 4.79 Å². The Balaban J connectivity index is 1.46. The predicted octanol–water partition coefficient (Wildman–Crippen LogP) is 4.53. The fourth-order valence-corrected chi connectivity index (χ4v) is 3.74. The zero-order valence-corrected chi connectivity index (χ0v) is 16.2. The molecule has 5 heteroatoms. The SMILES string of the molecule is O=C(CCCN1CCC(O)(c2ccc(Br)cc2)CC1)c1ccccc1F. The van der Waals surface area contributed by atoms with Crippen molar-refractivity contribution in [1.29, 1.82) is 0 Å². The number of ketones is 1. The Morgan fingerprint density at radius 2 is 1.77 bits per heavy atom. The van der Waals surface area contributed by atoms with Gasteiger partial charge in [0, 0.05) is 24.0 Å². The van der Waals surface area contributed by atoms with E-state index in [2.05, 4.69) is 20.8 Å². The largest absolute Gasteiger partial charge is 0.385 e. The number of hydrogen-bond acceptors (Lipinski definition) is 3. The third-order valence-corrected chi connectivity index (χ3v) is 5.65. The van der Waals surface area contributed by atoms with Gasteiger partial charge >= 0.3 is 0 Å².